The molecule has 0 radical (unpaired) electrons. The fraction of sp³-hybridized carbons (Fsp3) is 0.0714. The van der Waals surface area contributed by atoms with E-state index in [9.17, 15) is 9.18 Å². The van der Waals surface area contributed by atoms with E-state index < -0.39 is 5.82 Å². The van der Waals surface area contributed by atoms with Crippen molar-refractivity contribution in [2.45, 2.75) is 0 Å². The molecule has 1 aliphatic rings. The molecular weight excluding hydrogens is 269 g/mol. The Balaban J connectivity index is 2.12. The third-order valence-electron chi connectivity index (χ3n) is 2.84. The molecule has 0 saturated carbocycles. The third kappa shape index (κ3) is 2.27. The minimum Gasteiger partial charge on any atom is -0.481 e. The largest absolute Gasteiger partial charge is 0.481 e. The van der Waals surface area contributed by atoms with Gasteiger partial charge in [0.1, 0.15) is 11.6 Å². The van der Waals surface area contributed by atoms with E-state index >= 15 is 0 Å². The second-order valence-electron chi connectivity index (χ2n) is 4.18. The topological polar surface area (TPSA) is 38.3 Å². The average Bonchev–Trinajstić information content (AvgIpc) is 2.38. The summed E-state index contributed by atoms with van der Waals surface area (Å²) in [6.45, 7) is -0.0943. The van der Waals surface area contributed by atoms with Crippen LogP contribution in [0.3, 0.4) is 0 Å². The molecule has 0 aliphatic carbocycles. The van der Waals surface area contributed by atoms with Gasteiger partial charge < -0.3 is 10.1 Å². The fourth-order valence-corrected chi connectivity index (χ4v) is 2.17. The highest BCUT2D eigenvalue weighted by Gasteiger charge is 2.19. The monoisotopic (exact) mass is 277 g/mol. The molecule has 1 heterocycles. The second kappa shape index (κ2) is 4.55. The van der Waals surface area contributed by atoms with Crippen LogP contribution in [0.2, 0.25) is 5.02 Å². The van der Waals surface area contributed by atoms with Crippen LogP contribution in [0.5, 0.6) is 5.75 Å². The fourth-order valence-electron chi connectivity index (χ4n) is 1.98. The van der Waals surface area contributed by atoms with Gasteiger partial charge in [-0.3, -0.25) is 4.79 Å². The van der Waals surface area contributed by atoms with Crippen molar-refractivity contribution in [2.75, 3.05) is 11.9 Å². The maximum absolute atomic E-state index is 14.1. The second-order valence-corrected chi connectivity index (χ2v) is 4.61. The number of fused-ring (bicyclic) bond motifs is 1. The van der Waals surface area contributed by atoms with E-state index in [4.69, 9.17) is 16.3 Å². The quantitative estimate of drug-likeness (QED) is 0.867. The normalized spacial score (nSPS) is 13.5. The number of anilines is 1. The first-order valence-electron chi connectivity index (χ1n) is 5.65. The maximum Gasteiger partial charge on any atom is 0.262 e. The van der Waals surface area contributed by atoms with E-state index in [1.54, 1.807) is 30.3 Å². The first kappa shape index (κ1) is 12.0. The van der Waals surface area contributed by atoms with Crippen LogP contribution in [0.15, 0.2) is 36.4 Å². The lowest BCUT2D eigenvalue weighted by molar-refractivity contribution is -0.118. The van der Waals surface area contributed by atoms with Crippen LogP contribution in [-0.2, 0) is 4.79 Å². The Morgan fingerprint density at radius 2 is 2.11 bits per heavy atom. The molecule has 0 spiro atoms. The lowest BCUT2D eigenvalue weighted by Gasteiger charge is -2.19. The Morgan fingerprint density at radius 1 is 1.26 bits per heavy atom. The number of hydrogen-bond donors (Lipinski definition) is 1. The van der Waals surface area contributed by atoms with Crippen molar-refractivity contribution < 1.29 is 13.9 Å². The Hall–Kier alpha value is -2.07. The molecule has 3 nitrogen and oxygen atoms in total. The van der Waals surface area contributed by atoms with Crippen molar-refractivity contribution in [3.8, 4) is 16.9 Å². The van der Waals surface area contributed by atoms with Gasteiger partial charge in [-0.1, -0.05) is 23.7 Å². The van der Waals surface area contributed by atoms with Crippen molar-refractivity contribution >= 4 is 23.2 Å². The van der Waals surface area contributed by atoms with Gasteiger partial charge in [0, 0.05) is 16.7 Å². The molecule has 0 atom stereocenters. The SMILES string of the molecule is O=C1COc2cc(F)c(-c3cccc(Cl)c3)cc2N1. The summed E-state index contributed by atoms with van der Waals surface area (Å²) in [5.74, 6) is -0.337. The van der Waals surface area contributed by atoms with Gasteiger partial charge in [0.05, 0.1) is 5.69 Å². The summed E-state index contributed by atoms with van der Waals surface area (Å²) < 4.78 is 19.2. The molecular formula is C14H9ClFNO2. The predicted octanol–water partition coefficient (Wildman–Crippen LogP) is 3.48. The van der Waals surface area contributed by atoms with E-state index in [-0.39, 0.29) is 12.5 Å². The van der Waals surface area contributed by atoms with Gasteiger partial charge in [-0.15, -0.1) is 0 Å². The molecule has 3 rings (SSSR count). The summed E-state index contributed by atoms with van der Waals surface area (Å²) in [5.41, 5.74) is 1.48. The summed E-state index contributed by atoms with van der Waals surface area (Å²) >= 11 is 5.90. The number of carbonyl (C=O) groups excluding carboxylic acids is 1. The van der Waals surface area contributed by atoms with Crippen LogP contribution in [0.4, 0.5) is 10.1 Å². The summed E-state index contributed by atoms with van der Waals surface area (Å²) in [7, 11) is 0. The first-order chi connectivity index (χ1) is 9.13. The molecule has 19 heavy (non-hydrogen) atoms. The Morgan fingerprint density at radius 3 is 2.89 bits per heavy atom. The van der Waals surface area contributed by atoms with Gasteiger partial charge in [0.2, 0.25) is 0 Å². The lowest BCUT2D eigenvalue weighted by atomic mass is 10.0. The van der Waals surface area contributed by atoms with Crippen LogP contribution in [0, 0.1) is 5.82 Å². The van der Waals surface area contributed by atoms with Gasteiger partial charge in [0.25, 0.3) is 5.91 Å². The zero-order valence-corrected chi connectivity index (χ0v) is 10.5. The van der Waals surface area contributed by atoms with Gasteiger partial charge in [0.15, 0.2) is 6.61 Å². The third-order valence-corrected chi connectivity index (χ3v) is 3.07. The van der Waals surface area contributed by atoms with Crippen molar-refractivity contribution in [3.05, 3.63) is 47.2 Å². The van der Waals surface area contributed by atoms with Crippen molar-refractivity contribution in [2.24, 2.45) is 0 Å². The van der Waals surface area contributed by atoms with E-state index in [2.05, 4.69) is 5.32 Å². The number of carbonyl (C=O) groups is 1. The molecule has 0 aromatic heterocycles. The Labute approximate surface area is 114 Å². The van der Waals surface area contributed by atoms with Gasteiger partial charge in [-0.2, -0.15) is 0 Å². The van der Waals surface area contributed by atoms with Gasteiger partial charge in [-0.05, 0) is 23.8 Å². The minimum atomic E-state index is -0.419. The number of rotatable bonds is 1. The number of benzene rings is 2. The smallest absolute Gasteiger partial charge is 0.262 e. The molecule has 96 valence electrons. The molecule has 1 aliphatic heterocycles. The van der Waals surface area contributed by atoms with E-state index in [0.717, 1.165) is 0 Å². The zero-order chi connectivity index (χ0) is 13.4. The predicted molar refractivity (Wildman–Crippen MR) is 71.0 cm³/mol. The zero-order valence-electron chi connectivity index (χ0n) is 9.74. The molecule has 0 saturated heterocycles. The molecule has 2 aromatic carbocycles. The molecule has 0 bridgehead atoms. The summed E-state index contributed by atoms with van der Waals surface area (Å²) in [6.07, 6.45) is 0. The van der Waals surface area contributed by atoms with Crippen molar-refractivity contribution in [3.63, 3.8) is 0 Å². The molecule has 5 heteroatoms. The van der Waals surface area contributed by atoms with Gasteiger partial charge >= 0.3 is 0 Å². The molecule has 0 fully saturated rings. The van der Waals surface area contributed by atoms with Crippen LogP contribution in [0.1, 0.15) is 0 Å². The van der Waals surface area contributed by atoms with Gasteiger partial charge in [-0.25, -0.2) is 4.39 Å². The standard InChI is InChI=1S/C14H9ClFNO2/c15-9-3-1-2-8(4-9)10-5-12-13(6-11(10)16)19-7-14(18)17-12/h1-6H,7H2,(H,17,18). The van der Waals surface area contributed by atoms with Crippen molar-refractivity contribution in [1.29, 1.82) is 0 Å². The van der Waals surface area contributed by atoms with E-state index in [1.165, 1.54) is 6.07 Å². The van der Waals surface area contributed by atoms with Crippen LogP contribution in [0.25, 0.3) is 11.1 Å². The highest BCUT2D eigenvalue weighted by molar-refractivity contribution is 6.30. The maximum atomic E-state index is 14.1. The lowest BCUT2D eigenvalue weighted by Crippen LogP contribution is -2.25. The minimum absolute atomic E-state index is 0.0943. The molecule has 0 unspecified atom stereocenters. The molecule has 1 amide bonds. The average molecular weight is 278 g/mol. The number of hydrogen-bond acceptors (Lipinski definition) is 2. The first-order valence-corrected chi connectivity index (χ1v) is 6.03. The highest BCUT2D eigenvalue weighted by atomic mass is 35.5. The molecule has 1 N–H and O–H groups in total. The summed E-state index contributed by atoms with van der Waals surface area (Å²) in [4.78, 5) is 11.3. The van der Waals surface area contributed by atoms with E-state index in [1.807, 2.05) is 0 Å². The summed E-state index contributed by atoms with van der Waals surface area (Å²) in [5, 5.41) is 3.17. The van der Waals surface area contributed by atoms with Crippen LogP contribution in [-0.4, -0.2) is 12.5 Å². The Bertz CT molecular complexity index is 672. The number of halogens is 2. The number of nitrogens with one attached hydrogen (secondary N) is 1. The highest BCUT2D eigenvalue weighted by Crippen LogP contribution is 2.35. The number of amides is 1. The number of ether oxygens (including phenoxy) is 1. The molecule has 2 aromatic rings. The van der Waals surface area contributed by atoms with E-state index in [0.29, 0.717) is 27.6 Å². The van der Waals surface area contributed by atoms with Crippen LogP contribution >= 0.6 is 11.6 Å². The Kier molecular flexibility index (Phi) is 2.87. The van der Waals surface area contributed by atoms with Crippen LogP contribution < -0.4 is 10.1 Å². The summed E-state index contributed by atoms with van der Waals surface area (Å²) in [6, 6.07) is 9.69. The van der Waals surface area contributed by atoms with Crippen molar-refractivity contribution in [1.82, 2.24) is 0 Å².